The fraction of sp³-hybridized carbons (Fsp3) is 0.333. The van der Waals surface area contributed by atoms with E-state index < -0.39 is 28.5 Å². The van der Waals surface area contributed by atoms with Gasteiger partial charge in [-0.2, -0.15) is 0 Å². The van der Waals surface area contributed by atoms with Crippen molar-refractivity contribution in [2.24, 2.45) is 0 Å². The molecule has 0 aliphatic heterocycles. The van der Waals surface area contributed by atoms with Gasteiger partial charge in [0.1, 0.15) is 18.3 Å². The highest BCUT2D eigenvalue weighted by Crippen LogP contribution is 2.29. The summed E-state index contributed by atoms with van der Waals surface area (Å²) in [7, 11) is -4.20. The molecule has 8 nitrogen and oxygen atoms in total. The molecule has 12 heteroatoms. The number of rotatable bonds is 14. The van der Waals surface area contributed by atoms with E-state index in [4.69, 9.17) is 27.9 Å². The summed E-state index contributed by atoms with van der Waals surface area (Å²) >= 11 is 14.3. The van der Waals surface area contributed by atoms with Crippen LogP contribution in [0.5, 0.6) is 5.75 Å². The summed E-state index contributed by atoms with van der Waals surface area (Å²) < 4.78 is 34.6. The highest BCUT2D eigenvalue weighted by atomic mass is 35.5. The topological polar surface area (TPSA) is 96.0 Å². The van der Waals surface area contributed by atoms with Crippen molar-refractivity contribution < 1.29 is 22.7 Å². The number of anilines is 1. The lowest BCUT2D eigenvalue weighted by atomic mass is 10.1. The van der Waals surface area contributed by atoms with Crippen LogP contribution < -0.4 is 14.4 Å². The number of thioether (sulfide) groups is 1. The van der Waals surface area contributed by atoms with Gasteiger partial charge in [-0.1, -0.05) is 36.2 Å². The van der Waals surface area contributed by atoms with Gasteiger partial charge in [-0.3, -0.25) is 13.9 Å². The van der Waals surface area contributed by atoms with Crippen molar-refractivity contribution in [2.45, 2.75) is 49.6 Å². The molecule has 3 aromatic rings. The first kappa shape index (κ1) is 33.6. The van der Waals surface area contributed by atoms with Gasteiger partial charge in [0.15, 0.2) is 0 Å². The maximum atomic E-state index is 14.0. The average Bonchev–Trinajstić information content (AvgIpc) is 2.98. The van der Waals surface area contributed by atoms with E-state index in [2.05, 4.69) is 5.32 Å². The lowest BCUT2D eigenvalue weighted by Gasteiger charge is -2.32. The van der Waals surface area contributed by atoms with Gasteiger partial charge >= 0.3 is 0 Å². The highest BCUT2D eigenvalue weighted by molar-refractivity contribution is 7.98. The molecule has 0 fully saturated rings. The van der Waals surface area contributed by atoms with E-state index in [9.17, 15) is 18.0 Å². The molecular formula is C30H35Cl2N3O5S2. The van der Waals surface area contributed by atoms with Gasteiger partial charge in [-0.15, -0.1) is 11.8 Å². The first-order valence-electron chi connectivity index (χ1n) is 13.4. The first-order valence-corrected chi connectivity index (χ1v) is 16.8. The molecule has 0 heterocycles. The molecule has 0 aromatic heterocycles. The van der Waals surface area contributed by atoms with E-state index in [1.807, 2.05) is 20.1 Å². The molecule has 0 bridgehead atoms. The zero-order valence-corrected chi connectivity index (χ0v) is 27.1. The second kappa shape index (κ2) is 15.5. The van der Waals surface area contributed by atoms with Crippen molar-refractivity contribution in [1.82, 2.24) is 10.2 Å². The zero-order chi connectivity index (χ0) is 30.9. The van der Waals surface area contributed by atoms with Crippen molar-refractivity contribution in [3.05, 3.63) is 82.3 Å². The van der Waals surface area contributed by atoms with E-state index in [0.29, 0.717) is 40.9 Å². The minimum Gasteiger partial charge on any atom is -0.494 e. The summed E-state index contributed by atoms with van der Waals surface area (Å²) in [5.74, 6) is -0.426. The Hall–Kier alpha value is -2.92. The lowest BCUT2D eigenvalue weighted by molar-refractivity contribution is -0.139. The number of carbonyl (C=O) groups is 2. The Balaban J connectivity index is 2.06. The summed E-state index contributed by atoms with van der Waals surface area (Å²) in [6.45, 7) is 5.55. The van der Waals surface area contributed by atoms with Crippen LogP contribution >= 0.6 is 35.0 Å². The number of hydrogen-bond donors (Lipinski definition) is 1. The first-order chi connectivity index (χ1) is 20.0. The number of sulfonamides is 1. The zero-order valence-electron chi connectivity index (χ0n) is 24.0. The standard InChI is InChI=1S/C30H35Cl2N3O5S2/c1-5-18-33-30(37)21(3)34(19-26-27(31)8-7-9-28(26)32)29(36)20-35(22-10-12-23(13-11-22)40-6-2)42(38,39)25-16-14-24(41-4)15-17-25/h7-17,21H,5-6,18-20H2,1-4H3,(H,33,37)/t21-/m1/s1. The maximum absolute atomic E-state index is 14.0. The monoisotopic (exact) mass is 651 g/mol. The minimum atomic E-state index is -4.20. The van der Waals surface area contributed by atoms with Crippen molar-refractivity contribution in [3.63, 3.8) is 0 Å². The highest BCUT2D eigenvalue weighted by Gasteiger charge is 2.33. The molecule has 3 rings (SSSR count). The SMILES string of the molecule is CCCNC(=O)[C@@H](C)N(Cc1c(Cl)cccc1Cl)C(=O)CN(c1ccc(OCC)cc1)S(=O)(=O)c1ccc(SC)cc1. The van der Waals surface area contributed by atoms with Crippen LogP contribution in [0.4, 0.5) is 5.69 Å². The van der Waals surface area contributed by atoms with Crippen molar-refractivity contribution >= 4 is 62.5 Å². The van der Waals surface area contributed by atoms with Crippen LogP contribution in [-0.2, 0) is 26.2 Å². The Morgan fingerprint density at radius 3 is 2.14 bits per heavy atom. The smallest absolute Gasteiger partial charge is 0.264 e. The summed E-state index contributed by atoms with van der Waals surface area (Å²) in [4.78, 5) is 29.3. The van der Waals surface area contributed by atoms with Crippen molar-refractivity contribution in [2.75, 3.05) is 30.3 Å². The van der Waals surface area contributed by atoms with Crippen LogP contribution in [0.15, 0.2) is 76.5 Å². The summed E-state index contributed by atoms with van der Waals surface area (Å²) in [5, 5.41) is 3.46. The number of ether oxygens (including phenoxy) is 1. The van der Waals surface area contributed by atoms with Gasteiger partial charge in [0.2, 0.25) is 11.8 Å². The molecule has 42 heavy (non-hydrogen) atoms. The Morgan fingerprint density at radius 1 is 0.976 bits per heavy atom. The van der Waals surface area contributed by atoms with E-state index in [1.165, 1.54) is 28.8 Å². The molecule has 0 aliphatic carbocycles. The minimum absolute atomic E-state index is 0.0245. The largest absolute Gasteiger partial charge is 0.494 e. The number of nitrogens with zero attached hydrogens (tertiary/aromatic N) is 2. The second-order valence-corrected chi connectivity index (χ2v) is 12.9. The quantitative estimate of drug-likeness (QED) is 0.207. The Morgan fingerprint density at radius 2 is 1.60 bits per heavy atom. The van der Waals surface area contributed by atoms with Crippen LogP contribution in [0, 0.1) is 0 Å². The van der Waals surface area contributed by atoms with Gasteiger partial charge in [-0.05, 0) is 87.2 Å². The van der Waals surface area contributed by atoms with Crippen molar-refractivity contribution in [1.29, 1.82) is 0 Å². The molecule has 0 spiro atoms. The average molecular weight is 653 g/mol. The van der Waals surface area contributed by atoms with Gasteiger partial charge in [0.25, 0.3) is 10.0 Å². The summed E-state index contributed by atoms with van der Waals surface area (Å²) in [5.41, 5.74) is 0.715. The predicted octanol–water partition coefficient (Wildman–Crippen LogP) is 6.25. The van der Waals surface area contributed by atoms with E-state index >= 15 is 0 Å². The number of benzene rings is 3. The van der Waals surface area contributed by atoms with Gasteiger partial charge in [-0.25, -0.2) is 8.42 Å². The third-order valence-corrected chi connectivity index (χ3v) is 9.71. The number of nitrogens with one attached hydrogen (secondary N) is 1. The Labute approximate surface area is 262 Å². The lowest BCUT2D eigenvalue weighted by Crippen LogP contribution is -2.51. The van der Waals surface area contributed by atoms with Crippen LogP contribution in [0.1, 0.15) is 32.8 Å². The third kappa shape index (κ3) is 8.34. The summed E-state index contributed by atoms with van der Waals surface area (Å²) in [6, 6.07) is 16.9. The van der Waals surface area contributed by atoms with Gasteiger partial charge < -0.3 is 15.0 Å². The summed E-state index contributed by atoms with van der Waals surface area (Å²) in [6.07, 6.45) is 2.61. The number of halogens is 2. The molecular weight excluding hydrogens is 617 g/mol. The van der Waals surface area contributed by atoms with E-state index in [1.54, 1.807) is 61.5 Å². The molecule has 0 aliphatic rings. The van der Waals surface area contributed by atoms with Crippen LogP contribution in [0.25, 0.3) is 0 Å². The second-order valence-electron chi connectivity index (χ2n) is 9.30. The van der Waals surface area contributed by atoms with Crippen LogP contribution in [0.3, 0.4) is 0 Å². The Kier molecular flexibility index (Phi) is 12.4. The number of hydrogen-bond acceptors (Lipinski definition) is 6. The fourth-order valence-electron chi connectivity index (χ4n) is 4.11. The fourth-order valence-corrected chi connectivity index (χ4v) is 6.45. The van der Waals surface area contributed by atoms with Gasteiger partial charge in [0, 0.05) is 33.6 Å². The molecule has 0 saturated heterocycles. The number of carbonyl (C=O) groups excluding carboxylic acids is 2. The molecule has 1 N–H and O–H groups in total. The van der Waals surface area contributed by atoms with Gasteiger partial charge in [0.05, 0.1) is 17.2 Å². The molecule has 0 unspecified atom stereocenters. The normalized spacial score (nSPS) is 12.0. The maximum Gasteiger partial charge on any atom is 0.264 e. The molecule has 1 atom stereocenters. The van der Waals surface area contributed by atoms with Crippen LogP contribution in [-0.4, -0.2) is 57.1 Å². The third-order valence-electron chi connectivity index (χ3n) is 6.47. The molecule has 0 saturated carbocycles. The Bertz CT molecular complexity index is 1450. The number of amides is 2. The molecule has 2 amide bonds. The van der Waals surface area contributed by atoms with E-state index in [0.717, 1.165) is 9.20 Å². The van der Waals surface area contributed by atoms with Crippen LogP contribution in [0.2, 0.25) is 10.0 Å². The molecule has 0 radical (unpaired) electrons. The van der Waals surface area contributed by atoms with Crippen molar-refractivity contribution in [3.8, 4) is 5.75 Å². The predicted molar refractivity (Wildman–Crippen MR) is 170 cm³/mol. The molecule has 226 valence electrons. The molecule has 3 aromatic carbocycles. The van der Waals surface area contributed by atoms with E-state index in [-0.39, 0.29) is 23.0 Å².